The highest BCUT2D eigenvalue weighted by atomic mass is 32.2. The number of carbonyl (C=O) groups is 1. The molecule has 2 atom stereocenters. The van der Waals surface area contributed by atoms with Gasteiger partial charge in [-0.1, -0.05) is 60.2 Å². The van der Waals surface area contributed by atoms with Crippen molar-refractivity contribution in [2.45, 2.75) is 30.4 Å². The second-order valence-electron chi connectivity index (χ2n) is 8.13. The quantitative estimate of drug-likeness (QED) is 0.504. The van der Waals surface area contributed by atoms with Crippen molar-refractivity contribution in [1.29, 1.82) is 0 Å². The minimum Gasteiger partial charge on any atom is -0.497 e. The number of Topliss-reactive ketones (excluding diaryl/α,β-unsaturated/α-hetero) is 1. The third-order valence-corrected chi connectivity index (χ3v) is 7.80. The van der Waals surface area contributed by atoms with E-state index in [1.165, 1.54) is 4.31 Å². The van der Waals surface area contributed by atoms with Gasteiger partial charge in [0.05, 0.1) is 31.1 Å². The van der Waals surface area contributed by atoms with Crippen LogP contribution in [0.5, 0.6) is 5.75 Å². The van der Waals surface area contributed by atoms with Crippen molar-refractivity contribution in [1.82, 2.24) is 4.31 Å². The van der Waals surface area contributed by atoms with Crippen LogP contribution in [0, 0.1) is 6.92 Å². The van der Waals surface area contributed by atoms with Gasteiger partial charge in [-0.3, -0.25) is 4.79 Å². The lowest BCUT2D eigenvalue weighted by molar-refractivity contribution is -0.122. The van der Waals surface area contributed by atoms with Crippen molar-refractivity contribution in [2.75, 3.05) is 20.3 Å². The van der Waals surface area contributed by atoms with Crippen LogP contribution in [0.4, 0.5) is 0 Å². The third kappa shape index (κ3) is 5.00. The summed E-state index contributed by atoms with van der Waals surface area (Å²) in [6.07, 6.45) is 0. The normalized spacial score (nSPS) is 19.0. The van der Waals surface area contributed by atoms with Gasteiger partial charge in [-0.2, -0.15) is 4.31 Å². The van der Waals surface area contributed by atoms with Crippen LogP contribution >= 0.6 is 0 Å². The molecular formula is C26H27NO5S. The number of ether oxygens (including phenoxy) is 2. The van der Waals surface area contributed by atoms with Gasteiger partial charge in [-0.05, 0) is 42.3 Å². The second-order valence-corrected chi connectivity index (χ2v) is 10.0. The molecule has 1 saturated heterocycles. The fourth-order valence-electron chi connectivity index (χ4n) is 4.02. The highest BCUT2D eigenvalue weighted by molar-refractivity contribution is 7.89. The maximum absolute atomic E-state index is 13.5. The molecule has 0 amide bonds. The molecule has 1 heterocycles. The van der Waals surface area contributed by atoms with Gasteiger partial charge in [0.25, 0.3) is 0 Å². The number of benzene rings is 3. The molecule has 7 heteroatoms. The fraction of sp³-hybridized carbons (Fsp3) is 0.269. The van der Waals surface area contributed by atoms with E-state index in [1.54, 1.807) is 43.5 Å². The van der Waals surface area contributed by atoms with Gasteiger partial charge in [0.15, 0.2) is 5.78 Å². The molecule has 6 nitrogen and oxygen atoms in total. The Labute approximate surface area is 194 Å². The van der Waals surface area contributed by atoms with E-state index in [2.05, 4.69) is 0 Å². The molecule has 1 aliphatic rings. The molecule has 33 heavy (non-hydrogen) atoms. The summed E-state index contributed by atoms with van der Waals surface area (Å²) in [5, 5.41) is 0. The van der Waals surface area contributed by atoms with Gasteiger partial charge in [0.1, 0.15) is 11.8 Å². The van der Waals surface area contributed by atoms with E-state index >= 15 is 0 Å². The van der Waals surface area contributed by atoms with Crippen LogP contribution in [0.15, 0.2) is 83.8 Å². The van der Waals surface area contributed by atoms with Crippen LogP contribution < -0.4 is 4.74 Å². The Kier molecular flexibility index (Phi) is 6.93. The number of nitrogens with zero attached hydrogens (tertiary/aromatic N) is 1. The molecule has 1 aliphatic heterocycles. The van der Waals surface area contributed by atoms with Crippen molar-refractivity contribution in [3.63, 3.8) is 0 Å². The first-order valence-electron chi connectivity index (χ1n) is 10.8. The minimum absolute atomic E-state index is 0.00846. The zero-order valence-corrected chi connectivity index (χ0v) is 19.5. The number of rotatable bonds is 8. The molecule has 3 aromatic rings. The maximum atomic E-state index is 13.5. The summed E-state index contributed by atoms with van der Waals surface area (Å²) in [7, 11) is -2.30. The molecule has 0 N–H and O–H groups in total. The third-order valence-electron chi connectivity index (χ3n) is 5.92. The lowest BCUT2D eigenvalue weighted by Gasteiger charge is -2.23. The van der Waals surface area contributed by atoms with E-state index in [1.807, 2.05) is 49.4 Å². The van der Waals surface area contributed by atoms with Crippen LogP contribution in [0.2, 0.25) is 0 Å². The number of hydrogen-bond acceptors (Lipinski definition) is 5. The summed E-state index contributed by atoms with van der Waals surface area (Å²) in [6, 6.07) is 22.5. The highest BCUT2D eigenvalue weighted by Gasteiger charge is 2.47. The van der Waals surface area contributed by atoms with Crippen LogP contribution in [0.1, 0.15) is 22.6 Å². The van der Waals surface area contributed by atoms with E-state index in [0.29, 0.717) is 12.4 Å². The number of sulfonamides is 1. The fourth-order valence-corrected chi connectivity index (χ4v) is 5.61. The Hall–Kier alpha value is -3.00. The molecule has 0 saturated carbocycles. The number of carbonyl (C=O) groups excluding carboxylic acids is 1. The monoisotopic (exact) mass is 465 g/mol. The Morgan fingerprint density at radius 1 is 0.939 bits per heavy atom. The van der Waals surface area contributed by atoms with Crippen LogP contribution in [0.3, 0.4) is 0 Å². The van der Waals surface area contributed by atoms with Gasteiger partial charge in [-0.15, -0.1) is 0 Å². The number of aryl methyl sites for hydroxylation is 1. The van der Waals surface area contributed by atoms with E-state index in [0.717, 1.165) is 16.7 Å². The predicted molar refractivity (Wildman–Crippen MR) is 126 cm³/mol. The minimum atomic E-state index is -3.88. The van der Waals surface area contributed by atoms with E-state index in [4.69, 9.17) is 9.47 Å². The molecule has 0 spiro atoms. The summed E-state index contributed by atoms with van der Waals surface area (Å²) in [5.74, 6) is -0.0542. The number of hydrogen-bond donors (Lipinski definition) is 0. The van der Waals surface area contributed by atoms with Crippen LogP contribution in [0.25, 0.3) is 0 Å². The predicted octanol–water partition coefficient (Wildman–Crippen LogP) is 3.95. The average Bonchev–Trinajstić information content (AvgIpc) is 3.17. The Morgan fingerprint density at radius 3 is 2.24 bits per heavy atom. The SMILES string of the molecule is COc1ccc([C@H]2CN(S(=O)(=O)c3ccc(C)cc3)[C@H](COCc3ccccc3)C2=O)cc1. The molecule has 0 radical (unpaired) electrons. The zero-order chi connectivity index (χ0) is 23.4. The van der Waals surface area contributed by atoms with Crippen molar-refractivity contribution < 1.29 is 22.7 Å². The highest BCUT2D eigenvalue weighted by Crippen LogP contribution is 2.34. The summed E-state index contributed by atoms with van der Waals surface area (Å²) < 4.78 is 39.3. The Bertz CT molecular complexity index is 1190. The van der Waals surface area contributed by atoms with Crippen LogP contribution in [-0.4, -0.2) is 44.8 Å². The van der Waals surface area contributed by atoms with Gasteiger partial charge in [0, 0.05) is 6.54 Å². The second kappa shape index (κ2) is 9.87. The van der Waals surface area contributed by atoms with Gasteiger partial charge in [0.2, 0.25) is 10.0 Å². The van der Waals surface area contributed by atoms with Crippen LogP contribution in [-0.2, 0) is 26.2 Å². The lowest BCUT2D eigenvalue weighted by Crippen LogP contribution is -2.41. The summed E-state index contributed by atoms with van der Waals surface area (Å²) >= 11 is 0. The molecule has 4 rings (SSSR count). The Balaban J connectivity index is 1.61. The Morgan fingerprint density at radius 2 is 1.61 bits per heavy atom. The standard InChI is InChI=1S/C26H27NO5S/c1-19-8-14-23(15-9-19)33(29,30)27-16-24(21-10-12-22(31-2)13-11-21)26(28)25(27)18-32-17-20-6-4-3-5-7-20/h3-15,24-25H,16-18H2,1-2H3/t24-,25-/m1/s1. The summed E-state index contributed by atoms with van der Waals surface area (Å²) in [6.45, 7) is 2.26. The lowest BCUT2D eigenvalue weighted by atomic mass is 9.95. The van der Waals surface area contributed by atoms with E-state index in [-0.39, 0.29) is 23.8 Å². The zero-order valence-electron chi connectivity index (χ0n) is 18.7. The molecule has 0 aliphatic carbocycles. The van der Waals surface area contributed by atoms with Crippen molar-refractivity contribution in [2.24, 2.45) is 0 Å². The van der Waals surface area contributed by atoms with E-state index < -0.39 is 22.0 Å². The molecule has 3 aromatic carbocycles. The summed E-state index contributed by atoms with van der Waals surface area (Å²) in [5.41, 5.74) is 2.68. The number of ketones is 1. The van der Waals surface area contributed by atoms with Gasteiger partial charge < -0.3 is 9.47 Å². The van der Waals surface area contributed by atoms with Gasteiger partial charge >= 0.3 is 0 Å². The average molecular weight is 466 g/mol. The first-order valence-corrected chi connectivity index (χ1v) is 12.2. The maximum Gasteiger partial charge on any atom is 0.243 e. The van der Waals surface area contributed by atoms with Gasteiger partial charge in [-0.25, -0.2) is 8.42 Å². The molecule has 172 valence electrons. The molecular weight excluding hydrogens is 438 g/mol. The van der Waals surface area contributed by atoms with Crippen molar-refractivity contribution in [3.8, 4) is 5.75 Å². The molecule has 0 aromatic heterocycles. The van der Waals surface area contributed by atoms with E-state index in [9.17, 15) is 13.2 Å². The van der Waals surface area contributed by atoms with Crippen molar-refractivity contribution in [3.05, 3.63) is 95.6 Å². The van der Waals surface area contributed by atoms with Crippen molar-refractivity contribution >= 4 is 15.8 Å². The smallest absolute Gasteiger partial charge is 0.243 e. The summed E-state index contributed by atoms with van der Waals surface area (Å²) in [4.78, 5) is 13.6. The number of methoxy groups -OCH3 is 1. The first-order chi connectivity index (χ1) is 15.9. The largest absolute Gasteiger partial charge is 0.497 e. The molecule has 0 bridgehead atoms. The molecule has 1 fully saturated rings. The first kappa shape index (κ1) is 23.2. The molecule has 0 unspecified atom stereocenters. The topological polar surface area (TPSA) is 72.9 Å².